The number of nitrogens with zero attached hydrogens (tertiary/aromatic N) is 4. The lowest BCUT2D eigenvalue weighted by atomic mass is 10.1. The molecule has 6 heteroatoms. The molecule has 0 saturated heterocycles. The Bertz CT molecular complexity index is 1020. The van der Waals surface area contributed by atoms with Crippen LogP contribution in [0.15, 0.2) is 65.3 Å². The van der Waals surface area contributed by atoms with Crippen molar-refractivity contribution in [1.82, 2.24) is 19.5 Å². The van der Waals surface area contributed by atoms with Crippen LogP contribution in [0.3, 0.4) is 0 Å². The van der Waals surface area contributed by atoms with Crippen molar-refractivity contribution in [3.63, 3.8) is 0 Å². The van der Waals surface area contributed by atoms with Gasteiger partial charge in [-0.2, -0.15) is 0 Å². The summed E-state index contributed by atoms with van der Waals surface area (Å²) in [6.45, 7) is 0.450. The lowest BCUT2D eigenvalue weighted by Crippen LogP contribution is -2.21. The van der Waals surface area contributed by atoms with Gasteiger partial charge in [0.2, 0.25) is 0 Å². The summed E-state index contributed by atoms with van der Waals surface area (Å²) in [5.41, 5.74) is 4.15. The van der Waals surface area contributed by atoms with Crippen molar-refractivity contribution in [3.8, 4) is 11.3 Å². The van der Waals surface area contributed by atoms with Gasteiger partial charge < -0.3 is 0 Å². The molecule has 0 aliphatic heterocycles. The average Bonchev–Trinajstić information content (AvgIpc) is 3.07. The van der Waals surface area contributed by atoms with Crippen LogP contribution in [0.5, 0.6) is 0 Å². The number of aromatic nitrogens is 4. The monoisotopic (exact) mass is 320 g/mol. The van der Waals surface area contributed by atoms with E-state index in [9.17, 15) is 4.79 Å². The molecule has 0 atom stereocenters. The molecule has 0 unspecified atom stereocenters. The van der Waals surface area contributed by atoms with E-state index in [2.05, 4.69) is 15.0 Å². The van der Waals surface area contributed by atoms with Crippen LogP contribution in [-0.4, -0.2) is 19.5 Å². The first-order valence-electron chi connectivity index (χ1n) is 7.11. The molecular formula is C17H12N4OS. The second kappa shape index (κ2) is 5.73. The number of hydrogen-bond donors (Lipinski definition) is 0. The van der Waals surface area contributed by atoms with Gasteiger partial charge in [0, 0.05) is 11.8 Å². The van der Waals surface area contributed by atoms with Crippen molar-refractivity contribution in [2.75, 3.05) is 0 Å². The smallest absolute Gasteiger partial charge is 0.263 e. The number of thiazole rings is 1. The van der Waals surface area contributed by atoms with Gasteiger partial charge >= 0.3 is 0 Å². The minimum atomic E-state index is -0.0875. The Balaban J connectivity index is 1.77. The van der Waals surface area contributed by atoms with Crippen molar-refractivity contribution in [2.45, 2.75) is 6.54 Å². The standard InChI is InChI=1S/C17H12N4OS/c22-17-13-7-4-8-18-16(13)19-10-21(17)9-14-15(20-11-23-14)12-5-2-1-3-6-12/h1-8,10-11H,9H2. The maximum atomic E-state index is 12.6. The van der Waals surface area contributed by atoms with Gasteiger partial charge in [-0.05, 0) is 12.1 Å². The van der Waals surface area contributed by atoms with Crippen LogP contribution in [-0.2, 0) is 6.54 Å². The second-order valence-corrected chi connectivity index (χ2v) is 5.98. The van der Waals surface area contributed by atoms with Crippen molar-refractivity contribution in [1.29, 1.82) is 0 Å². The average molecular weight is 320 g/mol. The quantitative estimate of drug-likeness (QED) is 0.582. The van der Waals surface area contributed by atoms with Gasteiger partial charge in [0.1, 0.15) is 6.33 Å². The maximum Gasteiger partial charge on any atom is 0.263 e. The van der Waals surface area contributed by atoms with Gasteiger partial charge in [-0.1, -0.05) is 30.3 Å². The van der Waals surface area contributed by atoms with E-state index in [1.165, 1.54) is 11.3 Å². The molecule has 5 nitrogen and oxygen atoms in total. The molecule has 23 heavy (non-hydrogen) atoms. The third-order valence-electron chi connectivity index (χ3n) is 3.60. The minimum Gasteiger partial charge on any atom is -0.293 e. The lowest BCUT2D eigenvalue weighted by Gasteiger charge is -2.06. The zero-order valence-electron chi connectivity index (χ0n) is 12.1. The van der Waals surface area contributed by atoms with E-state index in [-0.39, 0.29) is 5.56 Å². The molecule has 0 aliphatic carbocycles. The molecule has 0 spiro atoms. The summed E-state index contributed by atoms with van der Waals surface area (Å²) < 4.78 is 1.60. The van der Waals surface area contributed by atoms with E-state index in [1.54, 1.807) is 34.7 Å². The fraction of sp³-hybridized carbons (Fsp3) is 0.0588. The number of benzene rings is 1. The molecule has 0 amide bonds. The Kier molecular flexibility index (Phi) is 3.44. The van der Waals surface area contributed by atoms with Crippen molar-refractivity contribution in [3.05, 3.63) is 75.7 Å². The van der Waals surface area contributed by atoms with Crippen LogP contribution in [0.1, 0.15) is 4.88 Å². The number of pyridine rings is 1. The second-order valence-electron chi connectivity index (χ2n) is 5.04. The highest BCUT2D eigenvalue weighted by molar-refractivity contribution is 7.10. The molecule has 0 saturated carbocycles. The molecule has 4 aromatic rings. The van der Waals surface area contributed by atoms with E-state index in [0.29, 0.717) is 17.6 Å². The minimum absolute atomic E-state index is 0.0875. The highest BCUT2D eigenvalue weighted by Gasteiger charge is 2.11. The SMILES string of the molecule is O=c1c2cccnc2ncn1Cc1scnc1-c1ccccc1. The van der Waals surface area contributed by atoms with Crippen molar-refractivity contribution in [2.24, 2.45) is 0 Å². The van der Waals surface area contributed by atoms with Gasteiger partial charge in [0.05, 0.1) is 28.0 Å². The molecule has 0 aliphatic rings. The van der Waals surface area contributed by atoms with Crippen LogP contribution in [0, 0.1) is 0 Å². The molecule has 0 bridgehead atoms. The lowest BCUT2D eigenvalue weighted by molar-refractivity contribution is 0.756. The summed E-state index contributed by atoms with van der Waals surface area (Å²) in [6.07, 6.45) is 3.18. The Morgan fingerprint density at radius 1 is 1.00 bits per heavy atom. The zero-order chi connectivity index (χ0) is 15.6. The first kappa shape index (κ1) is 13.8. The highest BCUT2D eigenvalue weighted by atomic mass is 32.1. The summed E-state index contributed by atoms with van der Waals surface area (Å²) in [5, 5.41) is 0.528. The highest BCUT2D eigenvalue weighted by Crippen LogP contribution is 2.25. The third-order valence-corrected chi connectivity index (χ3v) is 4.42. The van der Waals surface area contributed by atoms with Gasteiger partial charge in [-0.3, -0.25) is 9.36 Å². The molecule has 1 aromatic carbocycles. The molecule has 3 heterocycles. The fourth-order valence-corrected chi connectivity index (χ4v) is 3.26. The molecule has 3 aromatic heterocycles. The predicted molar refractivity (Wildman–Crippen MR) is 90.5 cm³/mol. The summed E-state index contributed by atoms with van der Waals surface area (Å²) in [7, 11) is 0. The van der Waals surface area contributed by atoms with Gasteiger partial charge in [0.15, 0.2) is 5.65 Å². The Morgan fingerprint density at radius 2 is 1.87 bits per heavy atom. The fourth-order valence-electron chi connectivity index (χ4n) is 2.48. The van der Waals surface area contributed by atoms with E-state index in [0.717, 1.165) is 16.1 Å². The van der Waals surface area contributed by atoms with E-state index >= 15 is 0 Å². The summed E-state index contributed by atoms with van der Waals surface area (Å²) in [4.78, 5) is 26.4. The normalized spacial score (nSPS) is 11.0. The summed E-state index contributed by atoms with van der Waals surface area (Å²) in [5.74, 6) is 0. The Labute approximate surface area is 135 Å². The van der Waals surface area contributed by atoms with Crippen LogP contribution in [0.25, 0.3) is 22.3 Å². The molecule has 4 rings (SSSR count). The molecule has 112 valence electrons. The topological polar surface area (TPSA) is 60.7 Å². The van der Waals surface area contributed by atoms with Crippen LogP contribution in [0.2, 0.25) is 0 Å². The van der Waals surface area contributed by atoms with Gasteiger partial charge in [-0.15, -0.1) is 11.3 Å². The third kappa shape index (κ3) is 2.53. The zero-order valence-corrected chi connectivity index (χ0v) is 12.9. The first-order chi connectivity index (χ1) is 11.3. The van der Waals surface area contributed by atoms with E-state index < -0.39 is 0 Å². The van der Waals surface area contributed by atoms with Crippen LogP contribution in [0.4, 0.5) is 0 Å². The van der Waals surface area contributed by atoms with Gasteiger partial charge in [-0.25, -0.2) is 15.0 Å². The number of hydrogen-bond acceptors (Lipinski definition) is 5. The maximum absolute atomic E-state index is 12.6. The Hall–Kier alpha value is -2.86. The van der Waals surface area contributed by atoms with Crippen LogP contribution >= 0.6 is 11.3 Å². The van der Waals surface area contributed by atoms with E-state index in [4.69, 9.17) is 0 Å². The molecular weight excluding hydrogens is 308 g/mol. The Morgan fingerprint density at radius 3 is 2.74 bits per heavy atom. The summed E-state index contributed by atoms with van der Waals surface area (Å²) in [6, 6.07) is 13.5. The van der Waals surface area contributed by atoms with Crippen LogP contribution < -0.4 is 5.56 Å². The largest absolute Gasteiger partial charge is 0.293 e. The van der Waals surface area contributed by atoms with E-state index in [1.807, 2.05) is 30.3 Å². The predicted octanol–water partition coefficient (Wildman–Crippen LogP) is 2.96. The molecule has 0 N–H and O–H groups in total. The molecule has 0 fully saturated rings. The van der Waals surface area contributed by atoms with Crippen molar-refractivity contribution >= 4 is 22.4 Å². The van der Waals surface area contributed by atoms with Crippen molar-refractivity contribution < 1.29 is 0 Å². The number of fused-ring (bicyclic) bond motifs is 1. The van der Waals surface area contributed by atoms with Gasteiger partial charge in [0.25, 0.3) is 5.56 Å². The summed E-state index contributed by atoms with van der Waals surface area (Å²) >= 11 is 1.54. The first-order valence-corrected chi connectivity index (χ1v) is 7.99. The number of rotatable bonds is 3. The molecule has 0 radical (unpaired) electrons.